The van der Waals surface area contributed by atoms with Crippen molar-refractivity contribution >= 4 is 28.4 Å². The topological polar surface area (TPSA) is 85.2 Å². The molecule has 146 valence electrons. The second-order valence-corrected chi connectivity index (χ2v) is 6.82. The molecule has 8 nitrogen and oxygen atoms in total. The largest absolute Gasteiger partial charge is 0.494 e. The van der Waals surface area contributed by atoms with Gasteiger partial charge in [0, 0.05) is 31.1 Å². The molecule has 0 spiro atoms. The Morgan fingerprint density at radius 3 is 2.82 bits per heavy atom. The molecule has 1 atom stereocenters. The smallest absolute Gasteiger partial charge is 0.250 e. The number of hydrogen-bond acceptors (Lipinski definition) is 6. The highest BCUT2D eigenvalue weighted by Gasteiger charge is 2.32. The normalized spacial score (nSPS) is 17.2. The zero-order chi connectivity index (χ0) is 19.8. The Balaban J connectivity index is 1.65. The molecule has 9 heteroatoms. The van der Waals surface area contributed by atoms with Crippen molar-refractivity contribution < 1.29 is 13.9 Å². The van der Waals surface area contributed by atoms with Gasteiger partial charge in [0.25, 0.3) is 5.91 Å². The number of nitrogens with zero attached hydrogens (tertiary/aromatic N) is 5. The van der Waals surface area contributed by atoms with Crippen molar-refractivity contribution in [1.82, 2.24) is 19.7 Å². The highest BCUT2D eigenvalue weighted by Crippen LogP contribution is 2.29. The van der Waals surface area contributed by atoms with Crippen LogP contribution in [0.3, 0.4) is 0 Å². The molecule has 0 aliphatic carbocycles. The molecule has 1 unspecified atom stereocenters. The van der Waals surface area contributed by atoms with Crippen molar-refractivity contribution in [3.05, 3.63) is 36.0 Å². The number of piperidine rings is 1. The monoisotopic (exact) mass is 384 g/mol. The summed E-state index contributed by atoms with van der Waals surface area (Å²) in [6.45, 7) is 2.53. The predicted molar refractivity (Wildman–Crippen MR) is 103 cm³/mol. The highest BCUT2D eigenvalue weighted by molar-refractivity contribution is 6.00. The molecule has 1 aliphatic rings. The van der Waals surface area contributed by atoms with Gasteiger partial charge in [-0.25, -0.2) is 14.4 Å². The minimum Gasteiger partial charge on any atom is -0.494 e. The maximum atomic E-state index is 14.0. The van der Waals surface area contributed by atoms with Crippen molar-refractivity contribution in [1.29, 1.82) is 0 Å². The number of carbonyl (C=O) groups excluding carboxylic acids is 1. The number of benzene rings is 1. The van der Waals surface area contributed by atoms with E-state index in [0.29, 0.717) is 29.7 Å². The predicted octanol–water partition coefficient (Wildman–Crippen LogP) is 2.43. The maximum absolute atomic E-state index is 14.0. The number of fused-ring (bicyclic) bond motifs is 1. The van der Waals surface area contributed by atoms with E-state index in [2.05, 4.69) is 20.4 Å². The van der Waals surface area contributed by atoms with E-state index in [9.17, 15) is 9.18 Å². The summed E-state index contributed by atoms with van der Waals surface area (Å²) in [6, 6.07) is 4.29. The molecular formula is C19H21FN6O2. The lowest BCUT2D eigenvalue weighted by molar-refractivity contribution is -0.120. The summed E-state index contributed by atoms with van der Waals surface area (Å²) in [4.78, 5) is 23.2. The number of hydrogen-bond donors (Lipinski definition) is 1. The number of rotatable bonds is 4. The van der Waals surface area contributed by atoms with Crippen molar-refractivity contribution in [2.75, 3.05) is 23.9 Å². The second-order valence-electron chi connectivity index (χ2n) is 6.82. The van der Waals surface area contributed by atoms with Gasteiger partial charge < -0.3 is 10.1 Å². The van der Waals surface area contributed by atoms with E-state index in [1.807, 2.05) is 20.0 Å². The molecule has 0 bridgehead atoms. The molecule has 0 saturated carbocycles. The van der Waals surface area contributed by atoms with Crippen molar-refractivity contribution in [3.8, 4) is 5.75 Å². The third-order valence-corrected chi connectivity index (χ3v) is 4.91. The van der Waals surface area contributed by atoms with Crippen molar-refractivity contribution in [3.63, 3.8) is 0 Å². The lowest BCUT2D eigenvalue weighted by Crippen LogP contribution is -2.48. The van der Waals surface area contributed by atoms with Gasteiger partial charge in [0.05, 0.1) is 18.3 Å². The molecule has 1 N–H and O–H groups in total. The van der Waals surface area contributed by atoms with Crippen LogP contribution in [0.15, 0.2) is 24.5 Å². The first-order chi connectivity index (χ1) is 13.5. The van der Waals surface area contributed by atoms with Crippen LogP contribution in [0.25, 0.3) is 10.9 Å². The summed E-state index contributed by atoms with van der Waals surface area (Å²) in [6.07, 6.45) is 2.87. The molecular weight excluding hydrogens is 363 g/mol. The molecule has 1 aliphatic heterocycles. The molecule has 28 heavy (non-hydrogen) atoms. The van der Waals surface area contributed by atoms with E-state index in [-0.39, 0.29) is 11.7 Å². The van der Waals surface area contributed by atoms with Gasteiger partial charge in [0.2, 0.25) is 0 Å². The highest BCUT2D eigenvalue weighted by atomic mass is 19.1. The molecule has 2 aromatic heterocycles. The number of methoxy groups -OCH3 is 1. The number of amides is 1. The van der Waals surface area contributed by atoms with Gasteiger partial charge in [0.1, 0.15) is 24.0 Å². The first-order valence-electron chi connectivity index (χ1n) is 9.04. The first kappa shape index (κ1) is 18.1. The van der Waals surface area contributed by atoms with E-state index in [4.69, 9.17) is 4.74 Å². The van der Waals surface area contributed by atoms with Crippen LogP contribution in [-0.4, -0.2) is 45.4 Å². The van der Waals surface area contributed by atoms with Crippen LogP contribution in [0.1, 0.15) is 18.5 Å². The zero-order valence-corrected chi connectivity index (χ0v) is 15.9. The quantitative estimate of drug-likeness (QED) is 0.744. The average molecular weight is 384 g/mol. The molecule has 3 aromatic rings. The summed E-state index contributed by atoms with van der Waals surface area (Å²) in [7, 11) is 3.23. The standard InChI is InChI=1S/C19H21FN6O2/c1-11-7-17(25(2)24-11)26-6-4-5-14(19(26)27)23-18-12-8-16(28-3)13(20)9-15(12)21-10-22-18/h7-10,14H,4-6H2,1-3H3,(H,21,22,23). The molecule has 1 aromatic carbocycles. The minimum absolute atomic E-state index is 0.0462. The van der Waals surface area contributed by atoms with Gasteiger partial charge in [-0.15, -0.1) is 0 Å². The van der Waals surface area contributed by atoms with Crippen LogP contribution in [0.5, 0.6) is 5.75 Å². The fourth-order valence-corrected chi connectivity index (χ4v) is 3.58. The average Bonchev–Trinajstić information content (AvgIpc) is 3.01. The minimum atomic E-state index is -0.494. The number of nitrogens with one attached hydrogen (secondary N) is 1. The van der Waals surface area contributed by atoms with Crippen LogP contribution in [0, 0.1) is 12.7 Å². The van der Waals surface area contributed by atoms with E-state index < -0.39 is 11.9 Å². The number of aromatic nitrogens is 4. The summed E-state index contributed by atoms with van der Waals surface area (Å²) in [5, 5.41) is 8.15. The Labute approximate surface area is 161 Å². The Hall–Kier alpha value is -3.23. The van der Waals surface area contributed by atoms with Gasteiger partial charge in [-0.2, -0.15) is 5.10 Å². The third-order valence-electron chi connectivity index (χ3n) is 4.91. The van der Waals surface area contributed by atoms with Gasteiger partial charge in [-0.05, 0) is 25.8 Å². The Morgan fingerprint density at radius 1 is 1.29 bits per heavy atom. The summed E-state index contributed by atoms with van der Waals surface area (Å²) < 4.78 is 20.8. The molecule has 0 radical (unpaired) electrons. The number of halogens is 1. The van der Waals surface area contributed by atoms with Gasteiger partial charge in [-0.1, -0.05) is 0 Å². The zero-order valence-electron chi connectivity index (χ0n) is 15.9. The lowest BCUT2D eigenvalue weighted by atomic mass is 10.0. The fraction of sp³-hybridized carbons (Fsp3) is 0.368. The number of anilines is 2. The number of carbonyl (C=O) groups is 1. The molecule has 4 rings (SSSR count). The molecule has 3 heterocycles. The van der Waals surface area contributed by atoms with Crippen molar-refractivity contribution in [2.24, 2.45) is 7.05 Å². The first-order valence-corrected chi connectivity index (χ1v) is 9.04. The van der Waals surface area contributed by atoms with Crippen LogP contribution in [-0.2, 0) is 11.8 Å². The number of aryl methyl sites for hydroxylation is 2. The van der Waals surface area contributed by atoms with Gasteiger partial charge >= 0.3 is 0 Å². The summed E-state index contributed by atoms with van der Waals surface area (Å²) in [5.41, 5.74) is 1.30. The Bertz CT molecular complexity index is 1050. The molecule has 1 saturated heterocycles. The molecule has 1 fully saturated rings. The van der Waals surface area contributed by atoms with Crippen LogP contribution in [0.4, 0.5) is 16.0 Å². The number of ether oxygens (including phenoxy) is 1. The lowest BCUT2D eigenvalue weighted by Gasteiger charge is -2.32. The van der Waals surface area contributed by atoms with Crippen LogP contribution in [0.2, 0.25) is 0 Å². The maximum Gasteiger partial charge on any atom is 0.250 e. The summed E-state index contributed by atoms with van der Waals surface area (Å²) >= 11 is 0. The Morgan fingerprint density at radius 2 is 2.11 bits per heavy atom. The van der Waals surface area contributed by atoms with Crippen LogP contribution >= 0.6 is 0 Å². The van der Waals surface area contributed by atoms with Gasteiger partial charge in [0.15, 0.2) is 11.6 Å². The second kappa shape index (κ2) is 7.06. The fourth-order valence-electron chi connectivity index (χ4n) is 3.58. The van der Waals surface area contributed by atoms with E-state index >= 15 is 0 Å². The van der Waals surface area contributed by atoms with E-state index in [1.165, 1.54) is 19.5 Å². The van der Waals surface area contributed by atoms with E-state index in [1.54, 1.807) is 15.6 Å². The van der Waals surface area contributed by atoms with E-state index in [0.717, 1.165) is 17.9 Å². The molecule has 1 amide bonds. The summed E-state index contributed by atoms with van der Waals surface area (Å²) in [5.74, 6) is 0.809. The van der Waals surface area contributed by atoms with Crippen LogP contribution < -0.4 is 15.0 Å². The van der Waals surface area contributed by atoms with Gasteiger partial charge in [-0.3, -0.25) is 14.4 Å². The third kappa shape index (κ3) is 3.12. The SMILES string of the molecule is COc1cc2c(NC3CCCN(c4cc(C)nn4C)C3=O)ncnc2cc1F. The van der Waals surface area contributed by atoms with Crippen molar-refractivity contribution in [2.45, 2.75) is 25.8 Å². The Kier molecular flexibility index (Phi) is 4.58.